The summed E-state index contributed by atoms with van der Waals surface area (Å²) in [4.78, 5) is 21.9. The molecule has 0 bridgehead atoms. The number of nitrogens with one attached hydrogen (secondary N) is 1. The number of fused-ring (bicyclic) bond motifs is 2. The Morgan fingerprint density at radius 2 is 1.81 bits per heavy atom. The van der Waals surface area contributed by atoms with Gasteiger partial charge in [0.2, 0.25) is 0 Å². The molecule has 0 saturated heterocycles. The van der Waals surface area contributed by atoms with Gasteiger partial charge in [-0.1, -0.05) is 29.4 Å². The lowest BCUT2D eigenvalue weighted by molar-refractivity contribution is -0.393. The van der Waals surface area contributed by atoms with E-state index in [0.717, 1.165) is 11.0 Å². The monoisotopic (exact) mass is 323 g/mol. The van der Waals surface area contributed by atoms with Crippen LogP contribution in [-0.4, -0.2) is 9.85 Å². The summed E-state index contributed by atoms with van der Waals surface area (Å²) in [7, 11) is 0. The fraction of sp³-hybridized carbons (Fsp3) is 0. The number of para-hydroxylation sites is 1. The molecule has 3 rings (SSSR count). The van der Waals surface area contributed by atoms with E-state index in [-0.39, 0.29) is 17.1 Å². The number of halogens is 1. The van der Waals surface area contributed by atoms with E-state index in [1.54, 1.807) is 18.2 Å². The molecule has 1 N–H and O–H groups in total. The molecule has 0 atom stereocenters. The maximum absolute atomic E-state index is 11.1. The largest absolute Gasteiger partial charge is 0.347 e. The van der Waals surface area contributed by atoms with E-state index in [2.05, 4.69) is 5.32 Å². The van der Waals surface area contributed by atoms with Crippen LogP contribution >= 0.6 is 23.4 Å². The third-order valence-electron chi connectivity index (χ3n) is 2.92. The molecule has 1 aliphatic heterocycles. The van der Waals surface area contributed by atoms with Gasteiger partial charge in [-0.2, -0.15) is 0 Å². The molecular weight excluding hydrogens is 318 g/mol. The minimum atomic E-state index is -0.652. The predicted octanol–water partition coefficient (Wildman–Crippen LogP) is 4.36. The fourth-order valence-electron chi connectivity index (χ4n) is 2.00. The number of nitro groups is 2. The molecule has 1 heterocycles. The molecule has 106 valence electrons. The first kappa shape index (κ1) is 13.7. The van der Waals surface area contributed by atoms with Crippen LogP contribution in [0.1, 0.15) is 0 Å². The number of hydrogen-bond donors (Lipinski definition) is 1. The van der Waals surface area contributed by atoms with Gasteiger partial charge in [0.05, 0.1) is 26.6 Å². The summed E-state index contributed by atoms with van der Waals surface area (Å²) in [6.07, 6.45) is 0. The third kappa shape index (κ3) is 2.28. The Morgan fingerprint density at radius 3 is 2.48 bits per heavy atom. The van der Waals surface area contributed by atoms with Crippen molar-refractivity contribution in [1.82, 2.24) is 0 Å². The summed E-state index contributed by atoms with van der Waals surface area (Å²) >= 11 is 7.27. The SMILES string of the molecule is O=[N+]([O-])c1cc2c(c([N+](=O)[O-])c1)Nc1c(Cl)cccc1S2. The molecule has 9 heteroatoms. The van der Waals surface area contributed by atoms with Crippen LogP contribution in [0.4, 0.5) is 22.7 Å². The highest BCUT2D eigenvalue weighted by Crippen LogP contribution is 2.51. The van der Waals surface area contributed by atoms with E-state index in [4.69, 9.17) is 11.6 Å². The van der Waals surface area contributed by atoms with Crippen LogP contribution in [0.25, 0.3) is 0 Å². The summed E-state index contributed by atoms with van der Waals surface area (Å²) in [5.41, 5.74) is 0.113. The van der Waals surface area contributed by atoms with Crippen LogP contribution in [0.15, 0.2) is 40.1 Å². The summed E-state index contributed by atoms with van der Waals surface area (Å²) < 4.78 is 0. The average Bonchev–Trinajstić information content (AvgIpc) is 2.44. The van der Waals surface area contributed by atoms with E-state index in [0.29, 0.717) is 15.6 Å². The third-order valence-corrected chi connectivity index (χ3v) is 4.34. The molecule has 21 heavy (non-hydrogen) atoms. The zero-order valence-electron chi connectivity index (χ0n) is 10.2. The highest BCUT2D eigenvalue weighted by molar-refractivity contribution is 7.99. The predicted molar refractivity (Wildman–Crippen MR) is 78.6 cm³/mol. The first-order chi connectivity index (χ1) is 9.97. The molecule has 0 radical (unpaired) electrons. The molecule has 0 aliphatic carbocycles. The van der Waals surface area contributed by atoms with Gasteiger partial charge in [0.1, 0.15) is 5.69 Å². The van der Waals surface area contributed by atoms with Crippen molar-refractivity contribution in [3.63, 3.8) is 0 Å². The van der Waals surface area contributed by atoms with Crippen LogP contribution in [0.5, 0.6) is 0 Å². The van der Waals surface area contributed by atoms with Crippen molar-refractivity contribution in [3.8, 4) is 0 Å². The van der Waals surface area contributed by atoms with Gasteiger partial charge in [0, 0.05) is 15.9 Å². The molecule has 2 aromatic carbocycles. The number of non-ortho nitro benzene ring substituents is 1. The molecule has 0 aromatic heterocycles. The van der Waals surface area contributed by atoms with Gasteiger partial charge in [0.15, 0.2) is 0 Å². The number of anilines is 2. The number of rotatable bonds is 2. The molecule has 7 nitrogen and oxygen atoms in total. The Balaban J connectivity index is 2.21. The second-order valence-electron chi connectivity index (χ2n) is 4.19. The highest BCUT2D eigenvalue weighted by Gasteiger charge is 2.29. The van der Waals surface area contributed by atoms with Gasteiger partial charge in [-0.3, -0.25) is 20.2 Å². The molecule has 0 amide bonds. The van der Waals surface area contributed by atoms with Crippen LogP contribution in [0.2, 0.25) is 5.02 Å². The van der Waals surface area contributed by atoms with E-state index >= 15 is 0 Å². The number of nitrogens with zero attached hydrogens (tertiary/aromatic N) is 2. The first-order valence-corrected chi connectivity index (χ1v) is 6.87. The Morgan fingerprint density at radius 1 is 1.05 bits per heavy atom. The molecule has 2 aromatic rings. The van der Waals surface area contributed by atoms with Crippen molar-refractivity contribution in [2.75, 3.05) is 5.32 Å². The number of nitro benzene ring substituents is 2. The Hall–Kier alpha value is -2.32. The van der Waals surface area contributed by atoms with Crippen molar-refractivity contribution >= 4 is 46.1 Å². The lowest BCUT2D eigenvalue weighted by Crippen LogP contribution is -2.05. The van der Waals surface area contributed by atoms with E-state index in [9.17, 15) is 20.2 Å². The standard InChI is InChI=1S/C12H6ClN3O4S/c13-7-2-1-3-9-11(7)14-12-8(16(19)20)4-6(15(17)18)5-10(12)21-9/h1-5,14H. The molecule has 0 unspecified atom stereocenters. The normalized spacial score (nSPS) is 12.0. The fourth-order valence-corrected chi connectivity index (χ4v) is 3.36. The van der Waals surface area contributed by atoms with E-state index in [1.807, 2.05) is 0 Å². The minimum Gasteiger partial charge on any atom is -0.347 e. The molecular formula is C12H6ClN3O4S. The van der Waals surface area contributed by atoms with Crippen LogP contribution in [-0.2, 0) is 0 Å². The Bertz CT molecular complexity index is 796. The Kier molecular flexibility index (Phi) is 3.19. The van der Waals surface area contributed by atoms with Gasteiger partial charge in [-0.25, -0.2) is 0 Å². The molecule has 1 aliphatic rings. The van der Waals surface area contributed by atoms with E-state index in [1.165, 1.54) is 17.8 Å². The van der Waals surface area contributed by atoms with Gasteiger partial charge < -0.3 is 5.32 Å². The van der Waals surface area contributed by atoms with Crippen molar-refractivity contribution < 1.29 is 9.85 Å². The highest BCUT2D eigenvalue weighted by atomic mass is 35.5. The van der Waals surface area contributed by atoms with Gasteiger partial charge in [-0.05, 0) is 12.1 Å². The van der Waals surface area contributed by atoms with Crippen molar-refractivity contribution in [2.45, 2.75) is 9.79 Å². The van der Waals surface area contributed by atoms with Gasteiger partial charge in [0.25, 0.3) is 5.69 Å². The molecule has 0 saturated carbocycles. The van der Waals surface area contributed by atoms with Gasteiger partial charge in [-0.15, -0.1) is 0 Å². The quantitative estimate of drug-likeness (QED) is 0.555. The maximum Gasteiger partial charge on any atom is 0.300 e. The number of hydrogen-bond acceptors (Lipinski definition) is 6. The topological polar surface area (TPSA) is 98.3 Å². The molecule has 0 spiro atoms. The zero-order chi connectivity index (χ0) is 15.1. The smallest absolute Gasteiger partial charge is 0.300 e. The van der Waals surface area contributed by atoms with Gasteiger partial charge >= 0.3 is 5.69 Å². The maximum atomic E-state index is 11.1. The minimum absolute atomic E-state index is 0.219. The molecule has 0 fully saturated rings. The average molecular weight is 324 g/mol. The lowest BCUT2D eigenvalue weighted by atomic mass is 10.2. The van der Waals surface area contributed by atoms with E-state index < -0.39 is 9.85 Å². The van der Waals surface area contributed by atoms with Crippen LogP contribution < -0.4 is 5.32 Å². The Labute approximate surface area is 127 Å². The van der Waals surface area contributed by atoms with Crippen molar-refractivity contribution in [2.24, 2.45) is 0 Å². The zero-order valence-corrected chi connectivity index (χ0v) is 11.8. The summed E-state index contributed by atoms with van der Waals surface area (Å²) in [5.74, 6) is 0. The lowest BCUT2D eigenvalue weighted by Gasteiger charge is -2.21. The summed E-state index contributed by atoms with van der Waals surface area (Å²) in [6, 6.07) is 7.44. The summed E-state index contributed by atoms with van der Waals surface area (Å²) in [5, 5.41) is 25.4. The van der Waals surface area contributed by atoms with Crippen LogP contribution in [0, 0.1) is 20.2 Å². The second kappa shape index (κ2) is 4.90. The van der Waals surface area contributed by atoms with Crippen LogP contribution in [0.3, 0.4) is 0 Å². The van der Waals surface area contributed by atoms with Crippen molar-refractivity contribution in [3.05, 3.63) is 55.6 Å². The number of benzene rings is 2. The van der Waals surface area contributed by atoms with Crippen molar-refractivity contribution in [1.29, 1.82) is 0 Å². The second-order valence-corrected chi connectivity index (χ2v) is 5.68. The first-order valence-electron chi connectivity index (χ1n) is 5.67. The summed E-state index contributed by atoms with van der Waals surface area (Å²) in [6.45, 7) is 0.